The Bertz CT molecular complexity index is 450. The number of pyridine rings is 1. The fourth-order valence-corrected chi connectivity index (χ4v) is 1.55. The third kappa shape index (κ3) is 1.49. The highest BCUT2D eigenvalue weighted by atomic mass is 79.9. The average Bonchev–Trinajstić information content (AvgIpc) is 2.63. The summed E-state index contributed by atoms with van der Waals surface area (Å²) in [7, 11) is 0. The molecule has 2 N–H and O–H groups in total. The van der Waals surface area contributed by atoms with Crippen molar-refractivity contribution in [3.05, 3.63) is 30.1 Å². The maximum atomic E-state index is 11.3. The molecule has 0 atom stereocenters. The van der Waals surface area contributed by atoms with E-state index in [1.165, 1.54) is 0 Å². The maximum Gasteiger partial charge on any atom is 0.284 e. The number of halogens is 1. The van der Waals surface area contributed by atoms with Crippen molar-refractivity contribution in [1.82, 2.24) is 4.98 Å². The number of H-pyrrole nitrogens is 2. The quantitative estimate of drug-likeness (QED) is 0.628. The van der Waals surface area contributed by atoms with E-state index >= 15 is 0 Å². The van der Waals surface area contributed by atoms with Gasteiger partial charge in [-0.2, -0.15) is 0 Å². The molecular weight excluding hydrogens is 232 g/mol. The first-order chi connectivity index (χ1) is 6.31. The van der Waals surface area contributed by atoms with Gasteiger partial charge in [0.25, 0.3) is 5.65 Å². The van der Waals surface area contributed by atoms with Crippen LogP contribution in [-0.2, 0) is 0 Å². The molecule has 4 heteroatoms. The third-order valence-electron chi connectivity index (χ3n) is 1.91. The minimum atomic E-state index is 0.0827. The molecule has 0 saturated carbocycles. The fourth-order valence-electron chi connectivity index (χ4n) is 1.22. The zero-order chi connectivity index (χ0) is 9.26. The van der Waals surface area contributed by atoms with E-state index < -0.39 is 0 Å². The van der Waals surface area contributed by atoms with Crippen LogP contribution in [0, 0.1) is 0 Å². The predicted molar refractivity (Wildman–Crippen MR) is 53.0 cm³/mol. The molecule has 0 bridgehead atoms. The molecule has 0 fully saturated rings. The molecule has 2 rings (SSSR count). The van der Waals surface area contributed by atoms with Crippen LogP contribution in [0.25, 0.3) is 11.0 Å². The molecule has 0 radical (unpaired) electrons. The Kier molecular flexibility index (Phi) is 2.14. The van der Waals surface area contributed by atoms with Gasteiger partial charge in [0.15, 0.2) is 5.78 Å². The van der Waals surface area contributed by atoms with Crippen molar-refractivity contribution >= 4 is 32.7 Å². The smallest absolute Gasteiger partial charge is 0.284 e. The number of carbonyl (C=O) groups is 1. The number of fused-ring (bicyclic) bond motifs is 1. The van der Waals surface area contributed by atoms with E-state index in [-0.39, 0.29) is 5.78 Å². The van der Waals surface area contributed by atoms with Crippen LogP contribution in [0.4, 0.5) is 0 Å². The van der Waals surface area contributed by atoms with E-state index in [1.807, 2.05) is 18.3 Å². The van der Waals surface area contributed by atoms with Crippen LogP contribution in [0.5, 0.6) is 0 Å². The lowest BCUT2D eigenvalue weighted by Crippen LogP contribution is -2.09. The highest BCUT2D eigenvalue weighted by Gasteiger charge is 2.08. The number of nitrogens with one attached hydrogen (secondary N) is 2. The number of hydrogen-bond donors (Lipinski definition) is 1. The van der Waals surface area contributed by atoms with Gasteiger partial charge in [-0.1, -0.05) is 15.9 Å². The molecule has 13 heavy (non-hydrogen) atoms. The van der Waals surface area contributed by atoms with Crippen LogP contribution in [-0.4, -0.2) is 16.1 Å². The molecule has 0 spiro atoms. The molecule has 3 nitrogen and oxygen atoms in total. The lowest BCUT2D eigenvalue weighted by molar-refractivity contribution is -0.347. The Morgan fingerprint density at radius 1 is 1.62 bits per heavy atom. The number of ketones is 1. The molecule has 2 heterocycles. The lowest BCUT2D eigenvalue weighted by Gasteiger charge is -1.92. The van der Waals surface area contributed by atoms with Gasteiger partial charge in [-0.05, 0) is 12.1 Å². The number of aromatic nitrogens is 2. The summed E-state index contributed by atoms with van der Waals surface area (Å²) < 4.78 is 0. The van der Waals surface area contributed by atoms with Crippen molar-refractivity contribution in [2.45, 2.75) is 0 Å². The van der Waals surface area contributed by atoms with Crippen molar-refractivity contribution in [2.75, 3.05) is 5.33 Å². The molecule has 0 aliphatic rings. The number of alkyl halides is 1. The first kappa shape index (κ1) is 8.44. The second-order valence-electron chi connectivity index (χ2n) is 2.75. The fraction of sp³-hybridized carbons (Fsp3) is 0.111. The minimum absolute atomic E-state index is 0.0827. The van der Waals surface area contributed by atoms with Crippen LogP contribution in [0.3, 0.4) is 0 Å². The number of aromatic amines is 2. The average molecular weight is 240 g/mol. The molecule has 0 aliphatic heterocycles. The summed E-state index contributed by atoms with van der Waals surface area (Å²) in [5.41, 5.74) is 1.63. The van der Waals surface area contributed by atoms with Gasteiger partial charge < -0.3 is 0 Å². The zero-order valence-corrected chi connectivity index (χ0v) is 8.39. The summed E-state index contributed by atoms with van der Waals surface area (Å²) in [6.07, 6.45) is 3.55. The van der Waals surface area contributed by atoms with Gasteiger partial charge in [0.05, 0.1) is 28.7 Å². The van der Waals surface area contributed by atoms with Crippen LogP contribution >= 0.6 is 15.9 Å². The number of rotatable bonds is 2. The highest BCUT2D eigenvalue weighted by molar-refractivity contribution is 9.09. The third-order valence-corrected chi connectivity index (χ3v) is 2.41. The second-order valence-corrected chi connectivity index (χ2v) is 3.31. The number of Topliss-reactive ketones (excluding diaryl/α,β-unsaturated/α-hetero) is 1. The van der Waals surface area contributed by atoms with Gasteiger partial charge in [0.1, 0.15) is 0 Å². The molecule has 66 valence electrons. The number of hydrogen-bond acceptors (Lipinski definition) is 1. The summed E-state index contributed by atoms with van der Waals surface area (Å²) in [6.45, 7) is 0. The monoisotopic (exact) mass is 239 g/mol. The Morgan fingerprint density at radius 3 is 3.23 bits per heavy atom. The number of carbonyl (C=O) groups excluding carboxylic acids is 1. The van der Waals surface area contributed by atoms with Crippen molar-refractivity contribution < 1.29 is 9.78 Å². The van der Waals surface area contributed by atoms with E-state index in [2.05, 4.69) is 25.9 Å². The van der Waals surface area contributed by atoms with E-state index in [4.69, 9.17) is 0 Å². The minimum Gasteiger partial charge on any atom is -0.293 e. The predicted octanol–water partition coefficient (Wildman–Crippen LogP) is 1.56. The summed E-state index contributed by atoms with van der Waals surface area (Å²) in [6, 6.07) is 3.79. The SMILES string of the molecule is O=C(CBr)c1c[nH+]c2[nH]ccc2c1. The summed E-state index contributed by atoms with van der Waals surface area (Å²) >= 11 is 3.14. The topological polar surface area (TPSA) is 47.0 Å². The Morgan fingerprint density at radius 2 is 2.46 bits per heavy atom. The summed E-state index contributed by atoms with van der Waals surface area (Å²) in [5.74, 6) is 0.0827. The first-order valence-electron chi connectivity index (χ1n) is 3.89. The van der Waals surface area contributed by atoms with E-state index in [0.29, 0.717) is 10.9 Å². The van der Waals surface area contributed by atoms with Crippen LogP contribution < -0.4 is 4.98 Å². The normalized spacial score (nSPS) is 10.5. The van der Waals surface area contributed by atoms with E-state index in [1.54, 1.807) is 6.20 Å². The molecule has 0 aromatic carbocycles. The largest absolute Gasteiger partial charge is 0.293 e. The van der Waals surface area contributed by atoms with Crippen molar-refractivity contribution in [3.63, 3.8) is 0 Å². The van der Waals surface area contributed by atoms with Crippen LogP contribution in [0.1, 0.15) is 10.4 Å². The van der Waals surface area contributed by atoms with Gasteiger partial charge in [0, 0.05) is 0 Å². The Labute approximate surface area is 83.3 Å². The molecule has 2 aromatic rings. The van der Waals surface area contributed by atoms with Crippen molar-refractivity contribution in [2.24, 2.45) is 0 Å². The van der Waals surface area contributed by atoms with Crippen molar-refractivity contribution in [1.29, 1.82) is 0 Å². The second kappa shape index (κ2) is 3.30. The molecule has 2 aromatic heterocycles. The lowest BCUT2D eigenvalue weighted by atomic mass is 10.2. The van der Waals surface area contributed by atoms with E-state index in [9.17, 15) is 4.79 Å². The van der Waals surface area contributed by atoms with E-state index in [0.717, 1.165) is 11.0 Å². The Balaban J connectivity index is 2.54. The standard InChI is InChI=1S/C9H7BrN2O/c10-4-8(13)7-3-6-1-2-11-9(6)12-5-7/h1-3,5H,4H2,(H,11,12)/p+1. The summed E-state index contributed by atoms with van der Waals surface area (Å²) in [5, 5.41) is 1.38. The molecular formula is C9H8BrN2O+. The highest BCUT2D eigenvalue weighted by Crippen LogP contribution is 2.09. The van der Waals surface area contributed by atoms with Gasteiger partial charge in [-0.3, -0.25) is 4.79 Å². The van der Waals surface area contributed by atoms with Crippen molar-refractivity contribution in [3.8, 4) is 0 Å². The first-order valence-corrected chi connectivity index (χ1v) is 5.01. The molecule has 0 unspecified atom stereocenters. The van der Waals surface area contributed by atoms with Gasteiger partial charge in [-0.15, -0.1) is 0 Å². The Hall–Kier alpha value is -1.16. The van der Waals surface area contributed by atoms with Crippen LogP contribution in [0.2, 0.25) is 0 Å². The maximum absolute atomic E-state index is 11.3. The van der Waals surface area contributed by atoms with Gasteiger partial charge in [-0.25, -0.2) is 9.97 Å². The molecule has 0 aliphatic carbocycles. The molecule has 0 amide bonds. The van der Waals surface area contributed by atoms with Gasteiger partial charge >= 0.3 is 0 Å². The van der Waals surface area contributed by atoms with Crippen LogP contribution in [0.15, 0.2) is 24.5 Å². The zero-order valence-electron chi connectivity index (χ0n) is 6.80. The summed E-state index contributed by atoms with van der Waals surface area (Å²) in [4.78, 5) is 17.3. The molecule has 0 saturated heterocycles. The van der Waals surface area contributed by atoms with Gasteiger partial charge in [0.2, 0.25) is 0 Å².